The van der Waals surface area contributed by atoms with E-state index in [4.69, 9.17) is 16.6 Å². The lowest BCUT2D eigenvalue weighted by molar-refractivity contribution is 0.103. The molecule has 4 heteroatoms. The Hall–Kier alpha value is -0.640. The van der Waals surface area contributed by atoms with Crippen LogP contribution in [0.4, 0.5) is 0 Å². The van der Waals surface area contributed by atoms with Gasteiger partial charge in [0.2, 0.25) is 0 Å². The van der Waals surface area contributed by atoms with Gasteiger partial charge in [-0.15, -0.1) is 11.3 Å². The van der Waals surface area contributed by atoms with E-state index in [0.717, 1.165) is 22.6 Å². The lowest BCUT2D eigenvalue weighted by atomic mass is 9.79. The number of rotatable bonds is 2. The third-order valence-electron chi connectivity index (χ3n) is 4.90. The van der Waals surface area contributed by atoms with Crippen LogP contribution in [-0.2, 0) is 0 Å². The minimum Gasteiger partial charge on any atom is -0.298 e. The Labute approximate surface area is 128 Å². The molecule has 2 aromatic rings. The molecule has 1 aromatic heterocycles. The Bertz CT molecular complexity index is 632. The van der Waals surface area contributed by atoms with Crippen molar-refractivity contribution < 1.29 is 0 Å². The van der Waals surface area contributed by atoms with Crippen molar-refractivity contribution in [2.45, 2.75) is 50.6 Å². The first-order chi connectivity index (χ1) is 9.70. The van der Waals surface area contributed by atoms with Gasteiger partial charge in [0.05, 0.1) is 15.2 Å². The van der Waals surface area contributed by atoms with Crippen molar-refractivity contribution in [1.29, 1.82) is 0 Å². The normalized spacial score (nSPS) is 30.8. The van der Waals surface area contributed by atoms with Gasteiger partial charge in [-0.2, -0.15) is 0 Å². The highest BCUT2D eigenvalue weighted by Crippen LogP contribution is 2.44. The molecule has 1 unspecified atom stereocenters. The van der Waals surface area contributed by atoms with Crippen molar-refractivity contribution in [3.05, 3.63) is 28.2 Å². The molecule has 1 atom stereocenters. The smallest absolute Gasteiger partial charge is 0.0970 e. The summed E-state index contributed by atoms with van der Waals surface area (Å²) < 4.78 is 1.27. The minimum atomic E-state index is 0.670. The van der Waals surface area contributed by atoms with Crippen LogP contribution in [0.5, 0.6) is 0 Å². The van der Waals surface area contributed by atoms with Crippen LogP contribution in [0, 0.1) is 0 Å². The Balaban J connectivity index is 1.49. The summed E-state index contributed by atoms with van der Waals surface area (Å²) in [6.45, 7) is 3.67. The fourth-order valence-corrected chi connectivity index (χ4v) is 4.89. The van der Waals surface area contributed by atoms with Crippen LogP contribution in [0.3, 0.4) is 0 Å². The maximum absolute atomic E-state index is 6.04. The molecule has 1 aliphatic carbocycles. The monoisotopic (exact) mass is 306 g/mol. The second-order valence-electron chi connectivity index (χ2n) is 6.22. The van der Waals surface area contributed by atoms with Gasteiger partial charge in [-0.25, -0.2) is 4.98 Å². The zero-order valence-electron chi connectivity index (χ0n) is 11.7. The van der Waals surface area contributed by atoms with Crippen molar-refractivity contribution in [3.63, 3.8) is 0 Å². The van der Waals surface area contributed by atoms with Gasteiger partial charge in [-0.1, -0.05) is 11.6 Å². The molecule has 0 amide bonds. The molecule has 2 nitrogen and oxygen atoms in total. The summed E-state index contributed by atoms with van der Waals surface area (Å²) in [5.41, 5.74) is 1.07. The summed E-state index contributed by atoms with van der Waals surface area (Å²) in [6.07, 6.45) is 5.33. The highest BCUT2D eigenvalue weighted by atomic mass is 35.5. The van der Waals surface area contributed by atoms with E-state index in [-0.39, 0.29) is 0 Å². The average Bonchev–Trinajstić information content (AvgIpc) is 2.94. The number of halogens is 1. The number of benzene rings is 1. The largest absolute Gasteiger partial charge is 0.298 e. The Morgan fingerprint density at radius 3 is 2.95 bits per heavy atom. The molecule has 2 heterocycles. The molecule has 1 aromatic carbocycles. The van der Waals surface area contributed by atoms with Crippen molar-refractivity contribution >= 4 is 33.2 Å². The standard InChI is InChI=1S/C16H19ClN2S/c1-10-3-2-6-19(10)13-7-11(8-13)16-18-14-9-12(17)4-5-15(14)20-16/h4-5,9-11,13H,2-3,6-8H2,1H3. The molecule has 2 fully saturated rings. The molecule has 0 spiro atoms. The summed E-state index contributed by atoms with van der Waals surface area (Å²) in [5, 5.41) is 2.09. The van der Waals surface area contributed by atoms with Crippen LogP contribution < -0.4 is 0 Å². The fourth-order valence-electron chi connectivity index (χ4n) is 3.65. The minimum absolute atomic E-state index is 0.670. The third kappa shape index (κ3) is 2.16. The highest BCUT2D eigenvalue weighted by Gasteiger charge is 2.39. The molecular weight excluding hydrogens is 288 g/mol. The number of nitrogens with zero attached hydrogens (tertiary/aromatic N) is 2. The Morgan fingerprint density at radius 1 is 1.35 bits per heavy atom. The predicted octanol–water partition coefficient (Wildman–Crippen LogP) is 4.68. The summed E-state index contributed by atoms with van der Waals surface area (Å²) in [4.78, 5) is 7.50. The number of hydrogen-bond acceptors (Lipinski definition) is 3. The van der Waals surface area contributed by atoms with Crippen molar-refractivity contribution in [1.82, 2.24) is 9.88 Å². The fraction of sp³-hybridized carbons (Fsp3) is 0.562. The quantitative estimate of drug-likeness (QED) is 0.801. The number of fused-ring (bicyclic) bond motifs is 1. The highest BCUT2D eigenvalue weighted by molar-refractivity contribution is 7.18. The molecule has 106 valence electrons. The van der Waals surface area contributed by atoms with Crippen LogP contribution in [0.25, 0.3) is 10.2 Å². The van der Waals surface area contributed by atoms with Crippen LogP contribution in [-0.4, -0.2) is 28.5 Å². The third-order valence-corrected chi connectivity index (χ3v) is 6.34. The number of aromatic nitrogens is 1. The second-order valence-corrected chi connectivity index (χ2v) is 7.71. The molecule has 1 saturated carbocycles. The lowest BCUT2D eigenvalue weighted by Gasteiger charge is -2.42. The summed E-state index contributed by atoms with van der Waals surface area (Å²) >= 11 is 7.89. The topological polar surface area (TPSA) is 16.1 Å². The predicted molar refractivity (Wildman–Crippen MR) is 85.8 cm³/mol. The molecule has 0 bridgehead atoms. The van der Waals surface area contributed by atoms with Gasteiger partial charge in [0.15, 0.2) is 0 Å². The van der Waals surface area contributed by atoms with Crippen molar-refractivity contribution in [2.24, 2.45) is 0 Å². The molecule has 0 radical (unpaired) electrons. The van der Waals surface area contributed by atoms with Gasteiger partial charge in [0.25, 0.3) is 0 Å². The summed E-state index contributed by atoms with van der Waals surface area (Å²) in [6, 6.07) is 7.62. The molecule has 1 aliphatic heterocycles. The van der Waals surface area contributed by atoms with E-state index in [1.54, 1.807) is 0 Å². The Kier molecular flexibility index (Phi) is 3.24. The van der Waals surface area contributed by atoms with E-state index in [1.807, 2.05) is 23.5 Å². The van der Waals surface area contributed by atoms with E-state index in [9.17, 15) is 0 Å². The summed E-state index contributed by atoms with van der Waals surface area (Å²) in [5.74, 6) is 0.670. The van der Waals surface area contributed by atoms with Crippen molar-refractivity contribution in [2.75, 3.05) is 6.54 Å². The van der Waals surface area contributed by atoms with Gasteiger partial charge in [-0.3, -0.25) is 4.90 Å². The van der Waals surface area contributed by atoms with Gasteiger partial charge >= 0.3 is 0 Å². The molecular formula is C16H19ClN2S. The van der Waals surface area contributed by atoms with E-state index >= 15 is 0 Å². The molecule has 1 saturated heterocycles. The zero-order valence-corrected chi connectivity index (χ0v) is 13.3. The van der Waals surface area contributed by atoms with E-state index < -0.39 is 0 Å². The zero-order chi connectivity index (χ0) is 13.7. The average molecular weight is 307 g/mol. The first kappa shape index (κ1) is 13.1. The maximum Gasteiger partial charge on any atom is 0.0970 e. The first-order valence-corrected chi connectivity index (χ1v) is 8.72. The Morgan fingerprint density at radius 2 is 2.20 bits per heavy atom. The van der Waals surface area contributed by atoms with E-state index in [1.165, 1.54) is 41.9 Å². The van der Waals surface area contributed by atoms with Gasteiger partial charge in [0.1, 0.15) is 0 Å². The maximum atomic E-state index is 6.04. The molecule has 0 N–H and O–H groups in total. The number of likely N-dealkylation sites (tertiary alicyclic amines) is 1. The molecule has 20 heavy (non-hydrogen) atoms. The van der Waals surface area contributed by atoms with Crippen LogP contribution in [0.1, 0.15) is 43.5 Å². The molecule has 4 rings (SSSR count). The number of hydrogen-bond donors (Lipinski definition) is 0. The lowest BCUT2D eigenvalue weighted by Crippen LogP contribution is -2.45. The SMILES string of the molecule is CC1CCCN1C1CC(c2nc3cc(Cl)ccc3s2)C1. The second kappa shape index (κ2) is 4.97. The first-order valence-electron chi connectivity index (χ1n) is 7.52. The van der Waals surface area contributed by atoms with Gasteiger partial charge in [-0.05, 0) is 57.4 Å². The van der Waals surface area contributed by atoms with E-state index in [2.05, 4.69) is 17.9 Å². The van der Waals surface area contributed by atoms with Gasteiger partial charge < -0.3 is 0 Å². The van der Waals surface area contributed by atoms with Gasteiger partial charge in [0, 0.05) is 23.0 Å². The van der Waals surface area contributed by atoms with Crippen molar-refractivity contribution in [3.8, 4) is 0 Å². The van der Waals surface area contributed by atoms with Crippen LogP contribution in [0.15, 0.2) is 18.2 Å². The molecule has 2 aliphatic rings. The summed E-state index contributed by atoms with van der Waals surface area (Å²) in [7, 11) is 0. The van der Waals surface area contributed by atoms with Crippen LogP contribution in [0.2, 0.25) is 5.02 Å². The number of thiazole rings is 1. The van der Waals surface area contributed by atoms with Crippen LogP contribution >= 0.6 is 22.9 Å². The van der Waals surface area contributed by atoms with E-state index in [0.29, 0.717) is 5.92 Å².